The van der Waals surface area contributed by atoms with E-state index in [4.69, 9.17) is 4.98 Å². The number of amides is 1. The molecule has 0 aliphatic carbocycles. The van der Waals surface area contributed by atoms with Gasteiger partial charge >= 0.3 is 0 Å². The average molecular weight is 412 g/mol. The van der Waals surface area contributed by atoms with Gasteiger partial charge in [0.1, 0.15) is 4.83 Å². The fourth-order valence-corrected chi connectivity index (χ4v) is 5.52. The molecule has 0 spiro atoms. The lowest BCUT2D eigenvalue weighted by Crippen LogP contribution is -2.32. The van der Waals surface area contributed by atoms with Crippen LogP contribution in [-0.2, 0) is 11.3 Å². The van der Waals surface area contributed by atoms with Crippen LogP contribution < -0.4 is 10.9 Å². The van der Waals surface area contributed by atoms with E-state index in [1.165, 1.54) is 23.1 Å². The van der Waals surface area contributed by atoms with Crippen LogP contribution in [0.5, 0.6) is 0 Å². The van der Waals surface area contributed by atoms with E-state index in [9.17, 15) is 9.59 Å². The number of nitrogens with zero attached hydrogens (tertiary/aromatic N) is 2. The molecule has 1 aliphatic heterocycles. The second kappa shape index (κ2) is 8.32. The molecule has 3 aromatic rings. The molecular formula is C21H21N3O2S2. The third-order valence-corrected chi connectivity index (χ3v) is 6.92. The van der Waals surface area contributed by atoms with E-state index >= 15 is 0 Å². The molecule has 7 heteroatoms. The van der Waals surface area contributed by atoms with E-state index in [-0.39, 0.29) is 16.7 Å². The van der Waals surface area contributed by atoms with Crippen LogP contribution in [0.1, 0.15) is 19.3 Å². The third-order valence-electron chi connectivity index (χ3n) is 4.79. The summed E-state index contributed by atoms with van der Waals surface area (Å²) in [5, 5.41) is 5.93. The summed E-state index contributed by atoms with van der Waals surface area (Å²) in [7, 11) is 0. The number of hydrogen-bond acceptors (Lipinski definition) is 5. The van der Waals surface area contributed by atoms with E-state index in [0.717, 1.165) is 30.4 Å². The summed E-state index contributed by atoms with van der Waals surface area (Å²) in [4.78, 5) is 31.2. The first-order chi connectivity index (χ1) is 13.7. The van der Waals surface area contributed by atoms with Crippen molar-refractivity contribution in [1.82, 2.24) is 14.9 Å². The van der Waals surface area contributed by atoms with E-state index in [0.29, 0.717) is 28.5 Å². The number of rotatable bonds is 5. The van der Waals surface area contributed by atoms with E-state index in [1.54, 1.807) is 10.6 Å². The first-order valence-electron chi connectivity index (χ1n) is 9.31. The zero-order valence-electron chi connectivity index (χ0n) is 15.4. The molecule has 1 aliphatic rings. The van der Waals surface area contributed by atoms with Crippen molar-refractivity contribution in [3.63, 3.8) is 0 Å². The van der Waals surface area contributed by atoms with Crippen molar-refractivity contribution in [2.24, 2.45) is 0 Å². The lowest BCUT2D eigenvalue weighted by molar-refractivity contribution is -0.120. The fourth-order valence-electron chi connectivity index (χ4n) is 3.37. The molecule has 2 aromatic heterocycles. The number of benzene rings is 1. The average Bonchev–Trinajstić information content (AvgIpc) is 3.03. The van der Waals surface area contributed by atoms with Crippen molar-refractivity contribution < 1.29 is 4.79 Å². The predicted octanol–water partition coefficient (Wildman–Crippen LogP) is 4.07. The largest absolute Gasteiger partial charge is 0.355 e. The highest BCUT2D eigenvalue weighted by molar-refractivity contribution is 8.00. The normalized spacial score (nSPS) is 17.3. The summed E-state index contributed by atoms with van der Waals surface area (Å²) < 4.78 is 1.64. The molecule has 0 bridgehead atoms. The Morgan fingerprint density at radius 2 is 2.11 bits per heavy atom. The van der Waals surface area contributed by atoms with Gasteiger partial charge in [-0.1, -0.05) is 54.6 Å². The van der Waals surface area contributed by atoms with Gasteiger partial charge in [0.05, 0.1) is 10.6 Å². The van der Waals surface area contributed by atoms with Crippen molar-refractivity contribution >= 4 is 39.2 Å². The molecule has 1 N–H and O–H groups in total. The molecule has 1 atom stereocenters. The molecule has 28 heavy (non-hydrogen) atoms. The van der Waals surface area contributed by atoms with Crippen LogP contribution in [0.4, 0.5) is 0 Å². The van der Waals surface area contributed by atoms with Gasteiger partial charge in [-0.3, -0.25) is 14.2 Å². The molecule has 1 amide bonds. The first-order valence-corrected chi connectivity index (χ1v) is 11.1. The van der Waals surface area contributed by atoms with Gasteiger partial charge < -0.3 is 5.32 Å². The molecule has 3 heterocycles. The van der Waals surface area contributed by atoms with Crippen molar-refractivity contribution in [2.45, 2.75) is 36.2 Å². The summed E-state index contributed by atoms with van der Waals surface area (Å²) in [6.07, 6.45) is 4.46. The summed E-state index contributed by atoms with van der Waals surface area (Å²) in [6, 6.07) is 9.88. The number of aromatic nitrogens is 2. The molecular weight excluding hydrogens is 390 g/mol. The maximum Gasteiger partial charge on any atom is 0.263 e. The van der Waals surface area contributed by atoms with Gasteiger partial charge in [-0.2, -0.15) is 0 Å². The standard InChI is InChI=1S/C21H21N3O2S2/c1-2-12-24-20(26)17-15(14-8-4-3-5-9-14)13-27-19(17)23-21(24)28-16-10-6-7-11-22-18(16)25/h2-5,8-9,13,16H,1,6-7,10-12H2,(H,22,25). The lowest BCUT2D eigenvalue weighted by Gasteiger charge is -2.15. The molecule has 1 saturated heterocycles. The Morgan fingerprint density at radius 1 is 1.29 bits per heavy atom. The minimum absolute atomic E-state index is 0.0261. The Morgan fingerprint density at radius 3 is 2.89 bits per heavy atom. The van der Waals surface area contributed by atoms with Crippen LogP contribution in [0.15, 0.2) is 58.3 Å². The Kier molecular flexibility index (Phi) is 5.64. The van der Waals surface area contributed by atoms with Crippen LogP contribution in [0.2, 0.25) is 0 Å². The smallest absolute Gasteiger partial charge is 0.263 e. The number of allylic oxidation sites excluding steroid dienone is 1. The van der Waals surface area contributed by atoms with Crippen LogP contribution in [-0.4, -0.2) is 27.3 Å². The van der Waals surface area contributed by atoms with Crippen molar-refractivity contribution in [2.75, 3.05) is 6.54 Å². The van der Waals surface area contributed by atoms with Crippen LogP contribution in [0.3, 0.4) is 0 Å². The SMILES string of the molecule is C=CCn1c(SC2CCCCNC2=O)nc2scc(-c3ccccc3)c2c1=O. The van der Waals surface area contributed by atoms with Crippen LogP contribution in [0, 0.1) is 0 Å². The number of hydrogen-bond donors (Lipinski definition) is 1. The van der Waals surface area contributed by atoms with Crippen molar-refractivity contribution in [1.29, 1.82) is 0 Å². The van der Waals surface area contributed by atoms with Crippen LogP contribution >= 0.6 is 23.1 Å². The second-order valence-corrected chi connectivity index (χ2v) is 8.72. The number of thiophene rings is 1. The predicted molar refractivity (Wildman–Crippen MR) is 116 cm³/mol. The minimum Gasteiger partial charge on any atom is -0.355 e. The zero-order valence-corrected chi connectivity index (χ0v) is 17.0. The summed E-state index contributed by atoms with van der Waals surface area (Å²) in [5.74, 6) is 0.0261. The molecule has 1 aromatic carbocycles. The Balaban J connectivity index is 1.81. The summed E-state index contributed by atoms with van der Waals surface area (Å²) >= 11 is 2.85. The van der Waals surface area contributed by atoms with E-state index in [2.05, 4.69) is 11.9 Å². The zero-order chi connectivity index (χ0) is 19.5. The maximum atomic E-state index is 13.4. The number of carbonyl (C=O) groups excluding carboxylic acids is 1. The van der Waals surface area contributed by atoms with Gasteiger partial charge in [-0.15, -0.1) is 17.9 Å². The van der Waals surface area contributed by atoms with Crippen molar-refractivity contribution in [3.8, 4) is 11.1 Å². The van der Waals surface area contributed by atoms with Gasteiger partial charge in [0.15, 0.2) is 5.16 Å². The van der Waals surface area contributed by atoms with Gasteiger partial charge in [0, 0.05) is 24.0 Å². The minimum atomic E-state index is -0.225. The Labute approximate surface area is 171 Å². The van der Waals surface area contributed by atoms with E-state index in [1.807, 2.05) is 35.7 Å². The molecule has 4 rings (SSSR count). The van der Waals surface area contributed by atoms with E-state index < -0.39 is 0 Å². The Hall–Kier alpha value is -2.38. The second-order valence-electron chi connectivity index (χ2n) is 6.69. The van der Waals surface area contributed by atoms with Gasteiger partial charge in [0.25, 0.3) is 5.56 Å². The topological polar surface area (TPSA) is 64.0 Å². The number of nitrogens with one attached hydrogen (secondary N) is 1. The molecule has 1 unspecified atom stereocenters. The molecule has 144 valence electrons. The molecule has 0 saturated carbocycles. The highest BCUT2D eigenvalue weighted by atomic mass is 32.2. The van der Waals surface area contributed by atoms with Gasteiger partial charge in [-0.25, -0.2) is 4.98 Å². The number of thioether (sulfide) groups is 1. The monoisotopic (exact) mass is 411 g/mol. The molecule has 1 fully saturated rings. The molecule has 0 radical (unpaired) electrons. The van der Waals surface area contributed by atoms with Crippen molar-refractivity contribution in [3.05, 3.63) is 58.7 Å². The quantitative estimate of drug-likeness (QED) is 0.508. The van der Waals surface area contributed by atoms with Crippen LogP contribution in [0.25, 0.3) is 21.3 Å². The highest BCUT2D eigenvalue weighted by Gasteiger charge is 2.25. The third kappa shape index (κ3) is 3.64. The molecule has 5 nitrogen and oxygen atoms in total. The Bertz CT molecular complexity index is 1070. The van der Waals surface area contributed by atoms with Gasteiger partial charge in [0.2, 0.25) is 5.91 Å². The highest BCUT2D eigenvalue weighted by Crippen LogP contribution is 2.33. The number of carbonyl (C=O) groups is 1. The lowest BCUT2D eigenvalue weighted by atomic mass is 10.1. The summed E-state index contributed by atoms with van der Waals surface area (Å²) in [6.45, 7) is 4.87. The fraction of sp³-hybridized carbons (Fsp3) is 0.286. The number of fused-ring (bicyclic) bond motifs is 1. The van der Waals surface area contributed by atoms with Gasteiger partial charge in [-0.05, 0) is 18.4 Å². The summed E-state index contributed by atoms with van der Waals surface area (Å²) in [5.41, 5.74) is 1.82. The first kappa shape index (κ1) is 19.0. The maximum absolute atomic E-state index is 13.4.